The Balaban J connectivity index is 0.000000470. The number of fused-ring (bicyclic) bond motifs is 1. The highest BCUT2D eigenvalue weighted by Crippen LogP contribution is 2.30. The zero-order valence-corrected chi connectivity index (χ0v) is 20.1. The number of hydrogen-bond acceptors (Lipinski definition) is 5. The highest BCUT2D eigenvalue weighted by molar-refractivity contribution is 5.91. The average molecular weight is 556 g/mol. The molecule has 2 amide bonds. The Morgan fingerprint density at radius 3 is 2.45 bits per heavy atom. The first kappa shape index (κ1) is 27.7. The molecule has 0 radical (unpaired) electrons. The number of nitrogens with one attached hydrogen (secondary N) is 1. The number of carboxylic acids is 1. The number of carbonyl (C=O) groups excluding carboxylic acids is 1. The minimum absolute atomic E-state index is 0.335. The van der Waals surface area contributed by atoms with Crippen LogP contribution < -0.4 is 5.32 Å². The Morgan fingerprint density at radius 1 is 1.02 bits per heavy atom. The van der Waals surface area contributed by atoms with E-state index in [0.717, 1.165) is 6.07 Å². The van der Waals surface area contributed by atoms with Gasteiger partial charge in [-0.2, -0.15) is 23.4 Å². The molecule has 204 valence electrons. The molecule has 0 aliphatic carbocycles. The number of anilines is 1. The summed E-state index contributed by atoms with van der Waals surface area (Å²) >= 11 is 0. The summed E-state index contributed by atoms with van der Waals surface area (Å²) in [5, 5.41) is 19.4. The minimum Gasteiger partial charge on any atom is -0.475 e. The highest BCUT2D eigenvalue weighted by Gasteiger charge is 2.38. The topological polar surface area (TPSA) is 112 Å². The molecule has 3 heterocycles. The quantitative estimate of drug-likeness (QED) is 0.267. The van der Waals surface area contributed by atoms with Crippen LogP contribution >= 0.6 is 0 Å². The summed E-state index contributed by atoms with van der Waals surface area (Å²) in [5.74, 6) is 1.90. The van der Waals surface area contributed by atoms with Crippen molar-refractivity contribution in [2.45, 2.75) is 18.6 Å². The SMILES string of the molecule is O=C(Nc1cccc(C#Cc2cnc3cccnn23)c1)N1N=CCC1c1cc(F)cc(F)c1.O=C(O)C(F)(F)F. The van der Waals surface area contributed by atoms with Gasteiger partial charge >= 0.3 is 18.2 Å². The van der Waals surface area contributed by atoms with Gasteiger partial charge in [-0.15, -0.1) is 0 Å². The number of urea groups is 1. The number of hydrogen-bond donors (Lipinski definition) is 2. The molecule has 2 aromatic heterocycles. The molecule has 0 fully saturated rings. The zero-order valence-electron chi connectivity index (χ0n) is 20.1. The Bertz CT molecular complexity index is 1640. The van der Waals surface area contributed by atoms with Crippen molar-refractivity contribution in [3.8, 4) is 11.8 Å². The lowest BCUT2D eigenvalue weighted by atomic mass is 10.0. The predicted octanol–water partition coefficient (Wildman–Crippen LogP) is 5.01. The van der Waals surface area contributed by atoms with E-state index >= 15 is 0 Å². The number of aromatic nitrogens is 3. The largest absolute Gasteiger partial charge is 0.490 e. The monoisotopic (exact) mass is 556 g/mol. The number of hydrazone groups is 1. The average Bonchev–Trinajstić information content (AvgIpc) is 3.55. The molecule has 0 spiro atoms. The third-order valence-electron chi connectivity index (χ3n) is 5.28. The van der Waals surface area contributed by atoms with E-state index in [2.05, 4.69) is 32.3 Å². The van der Waals surface area contributed by atoms with E-state index in [1.165, 1.54) is 17.1 Å². The lowest BCUT2D eigenvalue weighted by Gasteiger charge is -2.22. The normalized spacial score (nSPS) is 14.2. The van der Waals surface area contributed by atoms with Crippen molar-refractivity contribution in [1.29, 1.82) is 0 Å². The van der Waals surface area contributed by atoms with E-state index in [4.69, 9.17) is 9.90 Å². The second kappa shape index (κ2) is 11.6. The van der Waals surface area contributed by atoms with Crippen molar-refractivity contribution in [3.05, 3.63) is 95.4 Å². The molecule has 5 rings (SSSR count). The fraction of sp³-hybridized carbons (Fsp3) is 0.115. The number of aliphatic carboxylic acids is 1. The predicted molar refractivity (Wildman–Crippen MR) is 132 cm³/mol. The molecule has 0 saturated heterocycles. The van der Waals surface area contributed by atoms with Crippen LogP contribution in [0.4, 0.5) is 32.4 Å². The van der Waals surface area contributed by atoms with Crippen molar-refractivity contribution < 1.29 is 36.6 Å². The third kappa shape index (κ3) is 6.76. The van der Waals surface area contributed by atoms with Gasteiger partial charge in [-0.1, -0.05) is 12.0 Å². The minimum atomic E-state index is -5.08. The molecule has 1 aliphatic heterocycles. The Kier molecular flexibility index (Phi) is 8.04. The lowest BCUT2D eigenvalue weighted by molar-refractivity contribution is -0.192. The van der Waals surface area contributed by atoms with Crippen LogP contribution in [-0.4, -0.2) is 49.1 Å². The van der Waals surface area contributed by atoms with E-state index in [0.29, 0.717) is 34.6 Å². The van der Waals surface area contributed by atoms with Crippen LogP contribution in [0, 0.1) is 23.5 Å². The maximum Gasteiger partial charge on any atom is 0.490 e. The second-order valence-corrected chi connectivity index (χ2v) is 8.10. The summed E-state index contributed by atoms with van der Waals surface area (Å²) in [6.45, 7) is 0. The van der Waals surface area contributed by atoms with Gasteiger partial charge in [-0.3, -0.25) is 0 Å². The number of halogens is 5. The first-order chi connectivity index (χ1) is 19.0. The summed E-state index contributed by atoms with van der Waals surface area (Å²) in [6.07, 6.45) is 0.109. The first-order valence-electron chi connectivity index (χ1n) is 11.3. The van der Waals surface area contributed by atoms with Crippen LogP contribution in [0.3, 0.4) is 0 Å². The molecule has 2 aromatic carbocycles. The van der Waals surface area contributed by atoms with Gasteiger partial charge in [0.05, 0.1) is 12.2 Å². The highest BCUT2D eigenvalue weighted by atomic mass is 19.4. The lowest BCUT2D eigenvalue weighted by Crippen LogP contribution is -2.31. The fourth-order valence-electron chi connectivity index (χ4n) is 3.56. The molecular formula is C26H17F5N6O3. The second-order valence-electron chi connectivity index (χ2n) is 8.10. The summed E-state index contributed by atoms with van der Waals surface area (Å²) in [6, 6.07) is 12.7. The van der Waals surface area contributed by atoms with Gasteiger partial charge in [-0.25, -0.2) is 32.9 Å². The Hall–Kier alpha value is -5.32. The molecule has 1 atom stereocenters. The van der Waals surface area contributed by atoms with Gasteiger partial charge in [0, 0.05) is 36.1 Å². The summed E-state index contributed by atoms with van der Waals surface area (Å²) in [4.78, 5) is 26.0. The standard InChI is InChI=1S/C24H16F2N6O.C2HF3O2/c25-18-12-17(13-19(26)14-18)22-8-10-29-32(22)24(33)30-20-4-1-3-16(11-20)6-7-21-15-27-23-5-2-9-28-31(21)23;3-2(4,5)1(6)7/h1-5,9-15,22H,8H2,(H,30,33);(H,6,7). The summed E-state index contributed by atoms with van der Waals surface area (Å²) < 4.78 is 60.7. The summed E-state index contributed by atoms with van der Waals surface area (Å²) in [5.41, 5.74) is 2.85. The zero-order chi connectivity index (χ0) is 28.9. The van der Waals surface area contributed by atoms with Crippen LogP contribution in [0.25, 0.3) is 5.65 Å². The molecule has 0 bridgehead atoms. The molecule has 4 aromatic rings. The van der Waals surface area contributed by atoms with Crippen molar-refractivity contribution >= 4 is 29.5 Å². The number of imidazole rings is 1. The number of amides is 2. The van der Waals surface area contributed by atoms with Crippen molar-refractivity contribution in [3.63, 3.8) is 0 Å². The molecule has 14 heteroatoms. The maximum atomic E-state index is 13.6. The number of carbonyl (C=O) groups is 2. The van der Waals surface area contributed by atoms with Gasteiger partial charge in [0.25, 0.3) is 0 Å². The van der Waals surface area contributed by atoms with Gasteiger partial charge in [0.1, 0.15) is 17.3 Å². The number of benzene rings is 2. The third-order valence-corrected chi connectivity index (χ3v) is 5.28. The number of carboxylic acid groups (broad SMARTS) is 1. The Morgan fingerprint density at radius 2 is 1.75 bits per heavy atom. The van der Waals surface area contributed by atoms with Crippen molar-refractivity contribution in [2.24, 2.45) is 5.10 Å². The van der Waals surface area contributed by atoms with Gasteiger partial charge < -0.3 is 10.4 Å². The van der Waals surface area contributed by atoms with Crippen LogP contribution in [0.2, 0.25) is 0 Å². The van der Waals surface area contributed by atoms with E-state index in [-0.39, 0.29) is 0 Å². The summed E-state index contributed by atoms with van der Waals surface area (Å²) in [7, 11) is 0. The van der Waals surface area contributed by atoms with Gasteiger partial charge in [0.15, 0.2) is 5.65 Å². The number of nitrogens with zero attached hydrogens (tertiary/aromatic N) is 5. The van der Waals surface area contributed by atoms with Crippen molar-refractivity contribution in [1.82, 2.24) is 19.6 Å². The number of alkyl halides is 3. The maximum absolute atomic E-state index is 13.6. The van der Waals surface area contributed by atoms with E-state index < -0.39 is 35.9 Å². The molecule has 0 saturated carbocycles. The smallest absolute Gasteiger partial charge is 0.475 e. The van der Waals surface area contributed by atoms with Crippen LogP contribution in [-0.2, 0) is 4.79 Å². The first-order valence-corrected chi connectivity index (χ1v) is 11.3. The molecule has 9 nitrogen and oxygen atoms in total. The Labute approximate surface area is 222 Å². The molecule has 1 unspecified atom stereocenters. The van der Waals surface area contributed by atoms with Crippen LogP contribution in [0.1, 0.15) is 29.3 Å². The van der Waals surface area contributed by atoms with Crippen LogP contribution in [0.15, 0.2) is 72.1 Å². The number of rotatable bonds is 2. The van der Waals surface area contributed by atoms with Crippen LogP contribution in [0.5, 0.6) is 0 Å². The molecule has 40 heavy (non-hydrogen) atoms. The fourth-order valence-corrected chi connectivity index (χ4v) is 3.56. The van der Waals surface area contributed by atoms with E-state index in [1.54, 1.807) is 47.4 Å². The van der Waals surface area contributed by atoms with E-state index in [9.17, 15) is 26.7 Å². The molecular weight excluding hydrogens is 539 g/mol. The van der Waals surface area contributed by atoms with Crippen molar-refractivity contribution in [2.75, 3.05) is 5.32 Å². The van der Waals surface area contributed by atoms with Gasteiger partial charge in [-0.05, 0) is 53.9 Å². The molecule has 2 N–H and O–H groups in total. The van der Waals surface area contributed by atoms with Gasteiger partial charge in [0.2, 0.25) is 0 Å². The molecule has 1 aliphatic rings. The van der Waals surface area contributed by atoms with E-state index in [1.807, 2.05) is 12.1 Å².